The molecule has 1 aliphatic rings. The topological polar surface area (TPSA) is 102 Å². The Labute approximate surface area is 123 Å². The van der Waals surface area contributed by atoms with Gasteiger partial charge in [-0.25, -0.2) is 0 Å². The zero-order chi connectivity index (χ0) is 15.2. The molecule has 1 heterocycles. The van der Waals surface area contributed by atoms with Gasteiger partial charge < -0.3 is 11.1 Å². The number of carbonyl (C=O) groups is 1. The molecule has 1 saturated heterocycles. The second-order valence-electron chi connectivity index (χ2n) is 5.31. The number of hydrogen-bond donors (Lipinski definition) is 2. The van der Waals surface area contributed by atoms with E-state index in [9.17, 15) is 14.9 Å². The van der Waals surface area contributed by atoms with E-state index in [0.717, 1.165) is 31.5 Å². The Balaban J connectivity index is 1.74. The molecular formula is C14H20N4O3. The number of non-ortho nitro benzene ring substituents is 1. The lowest BCUT2D eigenvalue weighted by atomic mass is 10.1. The summed E-state index contributed by atoms with van der Waals surface area (Å²) in [5, 5.41) is 13.4. The maximum absolute atomic E-state index is 11.8. The van der Waals surface area contributed by atoms with E-state index >= 15 is 0 Å². The number of carbonyl (C=O) groups excluding carboxylic acids is 1. The van der Waals surface area contributed by atoms with Gasteiger partial charge in [0, 0.05) is 37.8 Å². The van der Waals surface area contributed by atoms with E-state index in [-0.39, 0.29) is 17.6 Å². The summed E-state index contributed by atoms with van der Waals surface area (Å²) in [5.74, 6) is -0.0381. The van der Waals surface area contributed by atoms with Crippen molar-refractivity contribution in [1.29, 1.82) is 0 Å². The largest absolute Gasteiger partial charge is 0.351 e. The smallest absolute Gasteiger partial charge is 0.269 e. The van der Waals surface area contributed by atoms with Crippen LogP contribution in [-0.2, 0) is 11.3 Å². The van der Waals surface area contributed by atoms with E-state index in [2.05, 4.69) is 10.2 Å². The molecule has 114 valence electrons. The Morgan fingerprint density at radius 3 is 2.52 bits per heavy atom. The van der Waals surface area contributed by atoms with Gasteiger partial charge in [0.05, 0.1) is 11.5 Å². The van der Waals surface area contributed by atoms with Crippen molar-refractivity contribution in [3.8, 4) is 0 Å². The zero-order valence-corrected chi connectivity index (χ0v) is 11.8. The summed E-state index contributed by atoms with van der Waals surface area (Å²) in [6, 6.07) is 6.43. The lowest BCUT2D eigenvalue weighted by Crippen LogP contribution is -2.44. The predicted octanol–water partition coefficient (Wildman–Crippen LogP) is 0.634. The molecule has 0 aromatic heterocycles. The lowest BCUT2D eigenvalue weighted by Gasteiger charge is -2.29. The summed E-state index contributed by atoms with van der Waals surface area (Å²) in [5.41, 5.74) is 6.71. The Morgan fingerprint density at radius 2 is 1.95 bits per heavy atom. The molecule has 0 unspecified atom stereocenters. The van der Waals surface area contributed by atoms with Gasteiger partial charge in [-0.1, -0.05) is 12.1 Å². The standard InChI is InChI=1S/C14H20N4O3/c15-12-5-7-17(8-6-12)10-14(19)16-9-11-1-3-13(4-2-11)18(20)21/h1-4,12H,5-10,15H2,(H,16,19). The first-order valence-electron chi connectivity index (χ1n) is 7.02. The summed E-state index contributed by atoms with van der Waals surface area (Å²) in [6.45, 7) is 2.46. The van der Waals surface area contributed by atoms with E-state index in [1.807, 2.05) is 0 Å². The second-order valence-corrected chi connectivity index (χ2v) is 5.31. The fourth-order valence-electron chi connectivity index (χ4n) is 2.31. The molecule has 0 atom stereocenters. The third kappa shape index (κ3) is 4.80. The number of nitrogens with two attached hydrogens (primary N) is 1. The maximum Gasteiger partial charge on any atom is 0.269 e. The van der Waals surface area contributed by atoms with Crippen LogP contribution in [0.3, 0.4) is 0 Å². The number of hydrogen-bond acceptors (Lipinski definition) is 5. The fourth-order valence-corrected chi connectivity index (χ4v) is 2.31. The molecule has 1 fully saturated rings. The molecule has 3 N–H and O–H groups in total. The summed E-state index contributed by atoms with van der Waals surface area (Å²) < 4.78 is 0. The van der Waals surface area contributed by atoms with Crippen LogP contribution in [0.25, 0.3) is 0 Å². The Morgan fingerprint density at radius 1 is 1.33 bits per heavy atom. The highest BCUT2D eigenvalue weighted by atomic mass is 16.6. The molecule has 7 nitrogen and oxygen atoms in total. The third-order valence-corrected chi connectivity index (χ3v) is 3.64. The van der Waals surface area contributed by atoms with Gasteiger partial charge in [0.25, 0.3) is 5.69 Å². The number of rotatable bonds is 5. The molecule has 0 radical (unpaired) electrons. The van der Waals surface area contributed by atoms with Crippen molar-refractivity contribution in [2.24, 2.45) is 5.73 Å². The van der Waals surface area contributed by atoms with Crippen molar-refractivity contribution in [1.82, 2.24) is 10.2 Å². The van der Waals surface area contributed by atoms with E-state index in [1.165, 1.54) is 12.1 Å². The van der Waals surface area contributed by atoms with Crippen LogP contribution in [0.1, 0.15) is 18.4 Å². The molecular weight excluding hydrogens is 272 g/mol. The average molecular weight is 292 g/mol. The molecule has 7 heteroatoms. The second kappa shape index (κ2) is 7.14. The number of likely N-dealkylation sites (tertiary alicyclic amines) is 1. The van der Waals surface area contributed by atoms with Crippen molar-refractivity contribution in [2.75, 3.05) is 19.6 Å². The van der Waals surface area contributed by atoms with Crippen molar-refractivity contribution >= 4 is 11.6 Å². The molecule has 1 aliphatic heterocycles. The number of nitro groups is 1. The number of nitrogens with one attached hydrogen (secondary N) is 1. The van der Waals surface area contributed by atoms with E-state index in [4.69, 9.17) is 5.73 Å². The highest BCUT2D eigenvalue weighted by Crippen LogP contribution is 2.11. The fraction of sp³-hybridized carbons (Fsp3) is 0.500. The Kier molecular flexibility index (Phi) is 5.24. The summed E-state index contributed by atoms with van der Waals surface area (Å²) in [7, 11) is 0. The van der Waals surface area contributed by atoms with Gasteiger partial charge in [0.15, 0.2) is 0 Å². The van der Waals surface area contributed by atoms with Crippen molar-refractivity contribution in [3.05, 3.63) is 39.9 Å². The first-order chi connectivity index (χ1) is 10.0. The summed E-state index contributed by atoms with van der Waals surface area (Å²) in [4.78, 5) is 24.0. The molecule has 1 amide bonds. The van der Waals surface area contributed by atoms with Gasteiger partial charge in [-0.3, -0.25) is 19.8 Å². The number of benzene rings is 1. The van der Waals surface area contributed by atoms with Crippen molar-refractivity contribution in [2.45, 2.75) is 25.4 Å². The van der Waals surface area contributed by atoms with E-state index in [0.29, 0.717) is 13.1 Å². The highest BCUT2D eigenvalue weighted by molar-refractivity contribution is 5.78. The van der Waals surface area contributed by atoms with Crippen LogP contribution in [0.4, 0.5) is 5.69 Å². The third-order valence-electron chi connectivity index (χ3n) is 3.64. The van der Waals surface area contributed by atoms with Crippen molar-refractivity contribution in [3.63, 3.8) is 0 Å². The van der Waals surface area contributed by atoms with Crippen LogP contribution in [-0.4, -0.2) is 41.4 Å². The van der Waals surface area contributed by atoms with Gasteiger partial charge in [0.1, 0.15) is 0 Å². The summed E-state index contributed by atoms with van der Waals surface area (Å²) >= 11 is 0. The number of piperidine rings is 1. The maximum atomic E-state index is 11.8. The van der Waals surface area contributed by atoms with Gasteiger partial charge in [-0.2, -0.15) is 0 Å². The number of nitro benzene ring substituents is 1. The van der Waals surface area contributed by atoms with Crippen LogP contribution in [0.5, 0.6) is 0 Å². The quantitative estimate of drug-likeness (QED) is 0.612. The molecule has 0 saturated carbocycles. The van der Waals surface area contributed by atoms with E-state index < -0.39 is 4.92 Å². The average Bonchev–Trinajstić information content (AvgIpc) is 2.48. The SMILES string of the molecule is NC1CCN(CC(=O)NCc2ccc([N+](=O)[O-])cc2)CC1. The Bertz CT molecular complexity index is 495. The Hall–Kier alpha value is -1.99. The minimum atomic E-state index is -0.441. The van der Waals surface area contributed by atoms with Crippen LogP contribution in [0, 0.1) is 10.1 Å². The molecule has 1 aromatic rings. The molecule has 0 spiro atoms. The highest BCUT2D eigenvalue weighted by Gasteiger charge is 2.17. The predicted molar refractivity (Wildman–Crippen MR) is 78.6 cm³/mol. The zero-order valence-electron chi connectivity index (χ0n) is 11.8. The first kappa shape index (κ1) is 15.4. The molecule has 21 heavy (non-hydrogen) atoms. The molecule has 2 rings (SSSR count). The molecule has 1 aromatic carbocycles. The minimum absolute atomic E-state index is 0.0381. The van der Waals surface area contributed by atoms with Crippen molar-refractivity contribution < 1.29 is 9.72 Å². The van der Waals surface area contributed by atoms with E-state index in [1.54, 1.807) is 12.1 Å². The molecule has 0 aliphatic carbocycles. The normalized spacial score (nSPS) is 16.6. The van der Waals surface area contributed by atoms with Crippen LogP contribution < -0.4 is 11.1 Å². The first-order valence-corrected chi connectivity index (χ1v) is 7.02. The van der Waals surface area contributed by atoms with Gasteiger partial charge in [-0.15, -0.1) is 0 Å². The summed E-state index contributed by atoms with van der Waals surface area (Å²) in [6.07, 6.45) is 1.85. The number of amides is 1. The van der Waals surface area contributed by atoms with Crippen LogP contribution >= 0.6 is 0 Å². The van der Waals surface area contributed by atoms with Gasteiger partial charge >= 0.3 is 0 Å². The van der Waals surface area contributed by atoms with Crippen LogP contribution in [0.2, 0.25) is 0 Å². The minimum Gasteiger partial charge on any atom is -0.351 e. The molecule has 0 bridgehead atoms. The number of nitrogens with zero attached hydrogens (tertiary/aromatic N) is 2. The van der Waals surface area contributed by atoms with Gasteiger partial charge in [0.2, 0.25) is 5.91 Å². The van der Waals surface area contributed by atoms with Gasteiger partial charge in [-0.05, 0) is 18.4 Å². The lowest BCUT2D eigenvalue weighted by molar-refractivity contribution is -0.384. The monoisotopic (exact) mass is 292 g/mol. The van der Waals surface area contributed by atoms with Crippen LogP contribution in [0.15, 0.2) is 24.3 Å².